The number of nitrogens with zero attached hydrogens (tertiary/aromatic N) is 3. The molecule has 1 aliphatic heterocycles. The molecule has 0 aromatic carbocycles. The fourth-order valence-electron chi connectivity index (χ4n) is 3.25. The Kier molecular flexibility index (Phi) is 4.50. The van der Waals surface area contributed by atoms with Gasteiger partial charge in [0.2, 0.25) is 0 Å². The smallest absolute Gasteiger partial charge is 0.336 e. The van der Waals surface area contributed by atoms with Crippen LogP contribution >= 0.6 is 0 Å². The third-order valence-electron chi connectivity index (χ3n) is 4.50. The Morgan fingerprint density at radius 2 is 2.04 bits per heavy atom. The fourth-order valence-corrected chi connectivity index (χ4v) is 3.25. The van der Waals surface area contributed by atoms with Crippen molar-refractivity contribution in [3.63, 3.8) is 0 Å². The van der Waals surface area contributed by atoms with Crippen LogP contribution in [0.3, 0.4) is 0 Å². The van der Waals surface area contributed by atoms with Crippen LogP contribution in [0.15, 0.2) is 45.4 Å². The van der Waals surface area contributed by atoms with E-state index < -0.39 is 23.1 Å². The number of aromatic nitrogens is 3. The van der Waals surface area contributed by atoms with Crippen LogP contribution in [0.1, 0.15) is 30.9 Å². The van der Waals surface area contributed by atoms with Crippen LogP contribution < -0.4 is 16.6 Å². The van der Waals surface area contributed by atoms with Crippen LogP contribution in [0.2, 0.25) is 0 Å². The van der Waals surface area contributed by atoms with Crippen LogP contribution in [0.5, 0.6) is 0 Å². The number of rotatable bonds is 3. The zero-order valence-corrected chi connectivity index (χ0v) is 15.1. The molecule has 0 aliphatic carbocycles. The standard InChI is InChI=1S/C18H20N4O4/c1-5-26-17(24)12-10(2)20-15-14(13(12)11-7-6-8-19-9-11)16(23)22(4)18(25)21(15)3/h6-9,13,20H,5H2,1-4H3. The van der Waals surface area contributed by atoms with Gasteiger partial charge in [-0.05, 0) is 25.5 Å². The van der Waals surface area contributed by atoms with Crippen LogP contribution in [0.4, 0.5) is 5.82 Å². The highest BCUT2D eigenvalue weighted by Crippen LogP contribution is 2.39. The Hall–Kier alpha value is -3.16. The van der Waals surface area contributed by atoms with Crippen molar-refractivity contribution in [3.8, 4) is 0 Å². The van der Waals surface area contributed by atoms with Crippen molar-refractivity contribution in [2.45, 2.75) is 19.8 Å². The van der Waals surface area contributed by atoms with E-state index in [2.05, 4.69) is 10.3 Å². The summed E-state index contributed by atoms with van der Waals surface area (Å²) in [5, 5.41) is 3.03. The lowest BCUT2D eigenvalue weighted by Gasteiger charge is -2.30. The summed E-state index contributed by atoms with van der Waals surface area (Å²) in [6.07, 6.45) is 3.22. The van der Waals surface area contributed by atoms with Gasteiger partial charge in [-0.3, -0.25) is 18.9 Å². The van der Waals surface area contributed by atoms with Crippen LogP contribution in [0.25, 0.3) is 0 Å². The van der Waals surface area contributed by atoms with Crippen LogP contribution in [0, 0.1) is 0 Å². The normalized spacial score (nSPS) is 16.1. The van der Waals surface area contributed by atoms with Gasteiger partial charge in [-0.25, -0.2) is 9.59 Å². The maximum absolute atomic E-state index is 12.9. The number of hydrogen-bond donors (Lipinski definition) is 1. The molecule has 1 aliphatic rings. The number of allylic oxidation sites excluding steroid dienone is 1. The number of hydrogen-bond acceptors (Lipinski definition) is 6. The summed E-state index contributed by atoms with van der Waals surface area (Å²) >= 11 is 0. The molecule has 0 amide bonds. The van der Waals surface area contributed by atoms with Crippen molar-refractivity contribution in [2.75, 3.05) is 11.9 Å². The first-order valence-corrected chi connectivity index (χ1v) is 8.23. The summed E-state index contributed by atoms with van der Waals surface area (Å²) in [7, 11) is 3.00. The minimum Gasteiger partial charge on any atom is -0.463 e. The summed E-state index contributed by atoms with van der Waals surface area (Å²) < 4.78 is 7.61. The maximum Gasteiger partial charge on any atom is 0.336 e. The van der Waals surface area contributed by atoms with Crippen molar-refractivity contribution in [2.24, 2.45) is 14.1 Å². The van der Waals surface area contributed by atoms with Gasteiger partial charge < -0.3 is 10.1 Å². The average Bonchev–Trinajstić information content (AvgIpc) is 2.64. The highest BCUT2D eigenvalue weighted by Gasteiger charge is 2.37. The Balaban J connectivity index is 2.38. The lowest BCUT2D eigenvalue weighted by atomic mass is 9.83. The average molecular weight is 356 g/mol. The Morgan fingerprint density at radius 3 is 2.65 bits per heavy atom. The molecule has 0 spiro atoms. The molecule has 136 valence electrons. The monoisotopic (exact) mass is 356 g/mol. The van der Waals surface area contributed by atoms with Crippen molar-refractivity contribution < 1.29 is 9.53 Å². The van der Waals surface area contributed by atoms with E-state index in [4.69, 9.17) is 4.74 Å². The summed E-state index contributed by atoms with van der Waals surface area (Å²) in [6, 6.07) is 3.53. The fraction of sp³-hybridized carbons (Fsp3) is 0.333. The Labute approximate surface area is 149 Å². The lowest BCUT2D eigenvalue weighted by Crippen LogP contribution is -2.43. The second kappa shape index (κ2) is 6.62. The van der Waals surface area contributed by atoms with Crippen molar-refractivity contribution in [3.05, 3.63) is 67.8 Å². The molecule has 8 heteroatoms. The summed E-state index contributed by atoms with van der Waals surface area (Å²) in [5.41, 5.74) is 0.957. The third kappa shape index (κ3) is 2.63. The number of anilines is 1. The molecular weight excluding hydrogens is 336 g/mol. The molecule has 0 saturated carbocycles. The molecule has 0 saturated heterocycles. The van der Waals surface area contributed by atoms with Gasteiger partial charge in [0.15, 0.2) is 0 Å². The van der Waals surface area contributed by atoms with Crippen molar-refractivity contribution in [1.29, 1.82) is 0 Å². The minimum absolute atomic E-state index is 0.216. The molecule has 8 nitrogen and oxygen atoms in total. The predicted octanol–water partition coefficient (Wildman–Crippen LogP) is 0.873. The maximum atomic E-state index is 12.9. The van der Waals surface area contributed by atoms with Gasteiger partial charge in [0, 0.05) is 32.2 Å². The quantitative estimate of drug-likeness (QED) is 0.820. The first-order chi connectivity index (χ1) is 12.4. The number of carbonyl (C=O) groups excluding carboxylic acids is 1. The van der Waals surface area contributed by atoms with Crippen molar-refractivity contribution in [1.82, 2.24) is 14.1 Å². The van der Waals surface area contributed by atoms with Gasteiger partial charge in [0.1, 0.15) is 5.82 Å². The molecule has 26 heavy (non-hydrogen) atoms. The molecule has 1 N–H and O–H groups in total. The van der Waals surface area contributed by atoms with Gasteiger partial charge in [-0.15, -0.1) is 0 Å². The van der Waals surface area contributed by atoms with Gasteiger partial charge in [-0.2, -0.15) is 0 Å². The zero-order valence-electron chi connectivity index (χ0n) is 15.1. The molecule has 3 heterocycles. The first-order valence-electron chi connectivity index (χ1n) is 8.23. The second-order valence-electron chi connectivity index (χ2n) is 6.07. The number of carbonyl (C=O) groups is 1. The van der Waals surface area contributed by atoms with Gasteiger partial charge >= 0.3 is 11.7 Å². The van der Waals surface area contributed by atoms with Gasteiger partial charge in [-0.1, -0.05) is 6.07 Å². The lowest BCUT2D eigenvalue weighted by molar-refractivity contribution is -0.138. The third-order valence-corrected chi connectivity index (χ3v) is 4.50. The largest absolute Gasteiger partial charge is 0.463 e. The van der Waals surface area contributed by atoms with E-state index >= 15 is 0 Å². The van der Waals surface area contributed by atoms with E-state index in [0.29, 0.717) is 28.2 Å². The number of fused-ring (bicyclic) bond motifs is 1. The van der Waals surface area contributed by atoms with E-state index in [1.807, 2.05) is 0 Å². The Bertz CT molecular complexity index is 1020. The SMILES string of the molecule is CCOC(=O)C1=C(C)Nc2c(c(=O)n(C)c(=O)n2C)C1c1cccnc1. The highest BCUT2D eigenvalue weighted by atomic mass is 16.5. The molecule has 2 aromatic heterocycles. The second-order valence-corrected chi connectivity index (χ2v) is 6.07. The number of nitrogens with one attached hydrogen (secondary N) is 1. The van der Waals surface area contributed by atoms with Gasteiger partial charge in [0.05, 0.1) is 23.7 Å². The van der Waals surface area contributed by atoms with E-state index in [-0.39, 0.29) is 6.61 Å². The van der Waals surface area contributed by atoms with Crippen LogP contribution in [-0.2, 0) is 23.6 Å². The number of esters is 1. The predicted molar refractivity (Wildman–Crippen MR) is 96.0 cm³/mol. The molecule has 3 rings (SSSR count). The molecular formula is C18H20N4O4. The van der Waals surface area contributed by atoms with E-state index in [1.165, 1.54) is 11.6 Å². The van der Waals surface area contributed by atoms with Crippen LogP contribution in [-0.4, -0.2) is 26.7 Å². The van der Waals surface area contributed by atoms with Crippen molar-refractivity contribution >= 4 is 11.8 Å². The Morgan fingerprint density at radius 1 is 1.31 bits per heavy atom. The summed E-state index contributed by atoms with van der Waals surface area (Å²) in [6.45, 7) is 3.66. The summed E-state index contributed by atoms with van der Waals surface area (Å²) in [5.74, 6) is -0.810. The molecule has 1 atom stereocenters. The highest BCUT2D eigenvalue weighted by molar-refractivity contribution is 5.94. The first kappa shape index (κ1) is 17.7. The molecule has 2 aromatic rings. The summed E-state index contributed by atoms with van der Waals surface area (Å²) in [4.78, 5) is 42.0. The molecule has 0 radical (unpaired) electrons. The number of ether oxygens (including phenoxy) is 1. The molecule has 0 bridgehead atoms. The topological polar surface area (TPSA) is 95.2 Å². The van der Waals surface area contributed by atoms with E-state index in [1.54, 1.807) is 45.4 Å². The zero-order chi connectivity index (χ0) is 19.0. The molecule has 1 unspecified atom stereocenters. The van der Waals surface area contributed by atoms with E-state index in [9.17, 15) is 14.4 Å². The van der Waals surface area contributed by atoms with E-state index in [0.717, 1.165) is 4.57 Å². The van der Waals surface area contributed by atoms with Gasteiger partial charge in [0.25, 0.3) is 5.56 Å². The molecule has 0 fully saturated rings. The number of pyridine rings is 1. The minimum atomic E-state index is -0.676.